The zero-order valence-electron chi connectivity index (χ0n) is 12.9. The van der Waals surface area contributed by atoms with Crippen LogP contribution in [0.1, 0.15) is 31.7 Å². The van der Waals surface area contributed by atoms with Gasteiger partial charge in [-0.2, -0.15) is 0 Å². The van der Waals surface area contributed by atoms with Crippen LogP contribution in [-0.4, -0.2) is 36.5 Å². The van der Waals surface area contributed by atoms with E-state index in [0.29, 0.717) is 12.5 Å². The normalized spacial score (nSPS) is 31.1. The molecule has 4 atom stereocenters. The molecule has 3 aliphatic heterocycles. The van der Waals surface area contributed by atoms with E-state index in [1.807, 2.05) is 30.3 Å². The maximum Gasteiger partial charge on any atom is 0.224 e. The van der Waals surface area contributed by atoms with Gasteiger partial charge in [-0.05, 0) is 36.8 Å². The maximum atomic E-state index is 12.1. The van der Waals surface area contributed by atoms with Crippen molar-refractivity contribution in [1.82, 2.24) is 10.2 Å². The highest BCUT2D eigenvalue weighted by Crippen LogP contribution is 2.37. The summed E-state index contributed by atoms with van der Waals surface area (Å²) >= 11 is 0. The molecule has 3 saturated heterocycles. The molecule has 0 saturated carbocycles. The molecule has 3 fully saturated rings. The predicted octanol–water partition coefficient (Wildman–Crippen LogP) is 2.47. The number of hydrogen-bond acceptors (Lipinski definition) is 2. The zero-order chi connectivity index (χ0) is 14.7. The van der Waals surface area contributed by atoms with Crippen LogP contribution < -0.4 is 5.32 Å². The van der Waals surface area contributed by atoms with Crippen molar-refractivity contribution in [3.63, 3.8) is 0 Å². The molecule has 114 valence electrons. The second-order valence-corrected chi connectivity index (χ2v) is 6.57. The van der Waals surface area contributed by atoms with E-state index in [0.717, 1.165) is 23.9 Å². The van der Waals surface area contributed by atoms with Crippen LogP contribution in [0.3, 0.4) is 0 Å². The van der Waals surface area contributed by atoms with Crippen molar-refractivity contribution in [3.05, 3.63) is 35.9 Å². The van der Waals surface area contributed by atoms with Crippen LogP contribution in [0.4, 0.5) is 0 Å². The van der Waals surface area contributed by atoms with E-state index in [2.05, 4.69) is 17.1 Å². The summed E-state index contributed by atoms with van der Waals surface area (Å²) in [5.41, 5.74) is 1.09. The van der Waals surface area contributed by atoms with Gasteiger partial charge in [0.25, 0.3) is 0 Å². The molecule has 3 heterocycles. The monoisotopic (exact) mass is 286 g/mol. The Kier molecular flexibility index (Phi) is 4.59. The second-order valence-electron chi connectivity index (χ2n) is 6.57. The Labute approximate surface area is 127 Å². The summed E-state index contributed by atoms with van der Waals surface area (Å²) in [6.07, 6.45) is 4.42. The molecule has 3 aliphatic rings. The third-order valence-corrected chi connectivity index (χ3v) is 5.28. The number of piperidine rings is 3. The third kappa shape index (κ3) is 3.46. The Balaban J connectivity index is 1.47. The van der Waals surface area contributed by atoms with Crippen molar-refractivity contribution in [3.8, 4) is 0 Å². The first-order valence-corrected chi connectivity index (χ1v) is 8.31. The number of fused-ring (bicyclic) bond motifs is 3. The molecule has 21 heavy (non-hydrogen) atoms. The highest BCUT2D eigenvalue weighted by atomic mass is 16.1. The van der Waals surface area contributed by atoms with Crippen molar-refractivity contribution in [1.29, 1.82) is 0 Å². The Morgan fingerprint density at radius 1 is 1.33 bits per heavy atom. The SMILES string of the molecule is CCC1CN2CCC1CC2CNC(=O)Cc1ccccc1. The van der Waals surface area contributed by atoms with Gasteiger partial charge in [-0.1, -0.05) is 43.7 Å². The topological polar surface area (TPSA) is 32.3 Å². The van der Waals surface area contributed by atoms with E-state index < -0.39 is 0 Å². The first-order valence-electron chi connectivity index (χ1n) is 8.31. The van der Waals surface area contributed by atoms with Gasteiger partial charge in [0.2, 0.25) is 5.91 Å². The summed E-state index contributed by atoms with van der Waals surface area (Å²) in [5, 5.41) is 3.14. The van der Waals surface area contributed by atoms with Gasteiger partial charge in [0.15, 0.2) is 0 Å². The first kappa shape index (κ1) is 14.6. The molecule has 4 rings (SSSR count). The smallest absolute Gasteiger partial charge is 0.224 e. The van der Waals surface area contributed by atoms with Crippen molar-refractivity contribution in [2.24, 2.45) is 11.8 Å². The van der Waals surface area contributed by atoms with Crippen molar-refractivity contribution < 1.29 is 4.79 Å². The molecule has 1 aromatic carbocycles. The highest BCUT2D eigenvalue weighted by molar-refractivity contribution is 5.78. The summed E-state index contributed by atoms with van der Waals surface area (Å²) in [6, 6.07) is 10.5. The average molecular weight is 286 g/mol. The number of amides is 1. The molecule has 0 aromatic heterocycles. The second kappa shape index (κ2) is 6.61. The minimum atomic E-state index is 0.149. The Morgan fingerprint density at radius 2 is 2.14 bits per heavy atom. The van der Waals surface area contributed by atoms with Crippen LogP contribution in [0.5, 0.6) is 0 Å². The standard InChI is InChI=1S/C18H26N2O/c1-2-15-13-20-9-8-16(15)11-17(20)12-19-18(21)10-14-6-4-3-5-7-14/h3-7,15-17H,2,8-13H2,1H3,(H,19,21). The lowest BCUT2D eigenvalue weighted by molar-refractivity contribution is -0.121. The molecule has 1 N–H and O–H groups in total. The fourth-order valence-electron chi connectivity index (χ4n) is 4.00. The molecule has 0 aliphatic carbocycles. The largest absolute Gasteiger partial charge is 0.354 e. The number of hydrogen-bond donors (Lipinski definition) is 1. The lowest BCUT2D eigenvalue weighted by Crippen LogP contribution is -2.56. The van der Waals surface area contributed by atoms with E-state index in [9.17, 15) is 4.79 Å². The van der Waals surface area contributed by atoms with Gasteiger partial charge in [-0.25, -0.2) is 0 Å². The van der Waals surface area contributed by atoms with Crippen molar-refractivity contribution >= 4 is 5.91 Å². The van der Waals surface area contributed by atoms with Crippen molar-refractivity contribution in [2.45, 2.75) is 38.6 Å². The van der Waals surface area contributed by atoms with E-state index in [4.69, 9.17) is 0 Å². The van der Waals surface area contributed by atoms with Gasteiger partial charge in [0.1, 0.15) is 0 Å². The summed E-state index contributed by atoms with van der Waals surface area (Å²) in [5.74, 6) is 1.92. The highest BCUT2D eigenvalue weighted by Gasteiger charge is 2.38. The number of carbonyl (C=O) groups is 1. The summed E-state index contributed by atoms with van der Waals surface area (Å²) in [7, 11) is 0. The predicted molar refractivity (Wildman–Crippen MR) is 85.0 cm³/mol. The van der Waals surface area contributed by atoms with Crippen molar-refractivity contribution in [2.75, 3.05) is 19.6 Å². The summed E-state index contributed by atoms with van der Waals surface area (Å²) in [6.45, 7) is 5.59. The van der Waals surface area contributed by atoms with Crippen LogP contribution in [-0.2, 0) is 11.2 Å². The minimum absolute atomic E-state index is 0.149. The third-order valence-electron chi connectivity index (χ3n) is 5.28. The summed E-state index contributed by atoms with van der Waals surface area (Å²) in [4.78, 5) is 14.6. The molecular weight excluding hydrogens is 260 g/mol. The Hall–Kier alpha value is -1.35. The molecule has 3 heteroatoms. The molecule has 4 unspecified atom stereocenters. The first-order chi connectivity index (χ1) is 10.3. The van der Waals surface area contributed by atoms with E-state index >= 15 is 0 Å². The summed E-state index contributed by atoms with van der Waals surface area (Å²) < 4.78 is 0. The number of nitrogens with zero attached hydrogens (tertiary/aromatic N) is 1. The molecule has 0 spiro atoms. The number of nitrogens with one attached hydrogen (secondary N) is 1. The van der Waals surface area contributed by atoms with Gasteiger partial charge < -0.3 is 5.32 Å². The van der Waals surface area contributed by atoms with Crippen LogP contribution in [0.25, 0.3) is 0 Å². The van der Waals surface area contributed by atoms with Crippen LogP contribution >= 0.6 is 0 Å². The quantitative estimate of drug-likeness (QED) is 0.902. The molecular formula is C18H26N2O. The molecule has 2 bridgehead atoms. The fraction of sp³-hybridized carbons (Fsp3) is 0.611. The van der Waals surface area contributed by atoms with Gasteiger partial charge >= 0.3 is 0 Å². The van der Waals surface area contributed by atoms with Gasteiger partial charge in [0.05, 0.1) is 6.42 Å². The van der Waals surface area contributed by atoms with Crippen LogP contribution in [0.2, 0.25) is 0 Å². The average Bonchev–Trinajstić information content (AvgIpc) is 2.54. The number of carbonyl (C=O) groups excluding carboxylic acids is 1. The number of benzene rings is 1. The van der Waals surface area contributed by atoms with E-state index in [-0.39, 0.29) is 5.91 Å². The van der Waals surface area contributed by atoms with E-state index in [1.54, 1.807) is 0 Å². The zero-order valence-corrected chi connectivity index (χ0v) is 12.9. The Bertz CT molecular complexity index is 473. The van der Waals surface area contributed by atoms with Gasteiger partial charge in [-0.15, -0.1) is 0 Å². The molecule has 3 nitrogen and oxygen atoms in total. The molecule has 1 amide bonds. The maximum absolute atomic E-state index is 12.1. The van der Waals surface area contributed by atoms with Gasteiger partial charge in [-0.3, -0.25) is 9.69 Å². The minimum Gasteiger partial charge on any atom is -0.354 e. The fourth-order valence-corrected chi connectivity index (χ4v) is 4.00. The van der Waals surface area contributed by atoms with Gasteiger partial charge in [0, 0.05) is 19.1 Å². The van der Waals surface area contributed by atoms with E-state index in [1.165, 1.54) is 32.4 Å². The van der Waals surface area contributed by atoms with Crippen LogP contribution in [0, 0.1) is 11.8 Å². The van der Waals surface area contributed by atoms with Crippen LogP contribution in [0.15, 0.2) is 30.3 Å². The lowest BCUT2D eigenvalue weighted by Gasteiger charge is -2.50. The Morgan fingerprint density at radius 3 is 2.81 bits per heavy atom. The molecule has 0 radical (unpaired) electrons. The number of rotatable bonds is 5. The molecule has 1 aromatic rings. The lowest BCUT2D eigenvalue weighted by atomic mass is 9.74.